The molecule has 1 heterocycles. The molecule has 0 fully saturated rings. The summed E-state index contributed by atoms with van der Waals surface area (Å²) in [5.74, 6) is 0. The third kappa shape index (κ3) is 2.69. The molecule has 0 saturated heterocycles. The maximum atomic E-state index is 6.06. The van der Waals surface area contributed by atoms with Crippen LogP contribution in [0.15, 0.2) is 30.5 Å². The summed E-state index contributed by atoms with van der Waals surface area (Å²) in [5, 5.41) is 5.76. The van der Waals surface area contributed by atoms with Crippen molar-refractivity contribution < 1.29 is 0 Å². The topological polar surface area (TPSA) is 43.8 Å². The largest absolute Gasteiger partial charge is 0.326 e. The van der Waals surface area contributed by atoms with Crippen LogP contribution in [0.4, 0.5) is 0 Å². The SMILES string of the molecule is Cc1nn(C(c2ccc(Cl)cc2)C(C)N)cc1Cl. The highest BCUT2D eigenvalue weighted by Gasteiger charge is 2.20. The van der Waals surface area contributed by atoms with Crippen LogP contribution >= 0.6 is 23.2 Å². The Morgan fingerprint density at radius 3 is 2.28 bits per heavy atom. The molecule has 3 nitrogen and oxygen atoms in total. The number of aromatic nitrogens is 2. The van der Waals surface area contributed by atoms with E-state index in [0.29, 0.717) is 10.0 Å². The fraction of sp³-hybridized carbons (Fsp3) is 0.308. The normalized spacial score (nSPS) is 14.5. The van der Waals surface area contributed by atoms with E-state index in [1.165, 1.54) is 0 Å². The maximum absolute atomic E-state index is 6.06. The van der Waals surface area contributed by atoms with Crippen molar-refractivity contribution in [3.05, 3.63) is 51.8 Å². The molecule has 5 heteroatoms. The summed E-state index contributed by atoms with van der Waals surface area (Å²) in [6, 6.07) is 7.49. The molecule has 1 aromatic carbocycles. The van der Waals surface area contributed by atoms with Gasteiger partial charge in [-0.1, -0.05) is 35.3 Å². The Balaban J connectivity index is 2.43. The van der Waals surface area contributed by atoms with Crippen LogP contribution in [0.3, 0.4) is 0 Å². The standard InChI is InChI=1S/C13H15Cl2N3/c1-8(16)13(10-3-5-11(14)6-4-10)18-7-12(15)9(2)17-18/h3-8,13H,16H2,1-2H3. The number of halogens is 2. The zero-order valence-electron chi connectivity index (χ0n) is 10.3. The third-order valence-electron chi connectivity index (χ3n) is 2.85. The van der Waals surface area contributed by atoms with Crippen molar-refractivity contribution in [1.29, 1.82) is 0 Å². The van der Waals surface area contributed by atoms with E-state index >= 15 is 0 Å². The summed E-state index contributed by atoms with van der Waals surface area (Å²) in [4.78, 5) is 0. The number of hydrogen-bond donors (Lipinski definition) is 1. The molecule has 96 valence electrons. The van der Waals surface area contributed by atoms with Gasteiger partial charge < -0.3 is 5.73 Å². The Labute approximate surface area is 117 Å². The lowest BCUT2D eigenvalue weighted by atomic mass is 10.0. The Kier molecular flexibility index (Phi) is 3.95. The van der Waals surface area contributed by atoms with Crippen molar-refractivity contribution in [2.45, 2.75) is 25.9 Å². The first kappa shape index (κ1) is 13.4. The van der Waals surface area contributed by atoms with Crippen molar-refractivity contribution in [3.63, 3.8) is 0 Å². The second-order valence-electron chi connectivity index (χ2n) is 4.40. The Morgan fingerprint density at radius 2 is 1.83 bits per heavy atom. The summed E-state index contributed by atoms with van der Waals surface area (Å²) >= 11 is 11.9. The molecular weight excluding hydrogens is 269 g/mol. The molecule has 18 heavy (non-hydrogen) atoms. The Morgan fingerprint density at radius 1 is 1.22 bits per heavy atom. The average Bonchev–Trinajstić information content (AvgIpc) is 2.61. The first-order valence-electron chi connectivity index (χ1n) is 5.71. The van der Waals surface area contributed by atoms with Gasteiger partial charge in [-0.2, -0.15) is 5.10 Å². The van der Waals surface area contributed by atoms with Crippen molar-refractivity contribution >= 4 is 23.2 Å². The van der Waals surface area contributed by atoms with Crippen LogP contribution in [0, 0.1) is 6.92 Å². The predicted molar refractivity (Wildman–Crippen MR) is 75.2 cm³/mol. The monoisotopic (exact) mass is 283 g/mol. The van der Waals surface area contributed by atoms with Gasteiger partial charge in [0.05, 0.1) is 16.8 Å². The van der Waals surface area contributed by atoms with E-state index in [1.54, 1.807) is 6.20 Å². The predicted octanol–water partition coefficient (Wildman–Crippen LogP) is 3.43. The van der Waals surface area contributed by atoms with Crippen LogP contribution in [-0.4, -0.2) is 15.8 Å². The lowest BCUT2D eigenvalue weighted by molar-refractivity contribution is 0.452. The van der Waals surface area contributed by atoms with Crippen LogP contribution in [0.1, 0.15) is 24.2 Å². The second-order valence-corrected chi connectivity index (χ2v) is 5.24. The van der Waals surface area contributed by atoms with Gasteiger partial charge in [-0.3, -0.25) is 4.68 Å². The number of nitrogens with two attached hydrogens (primary N) is 1. The van der Waals surface area contributed by atoms with Gasteiger partial charge in [0.1, 0.15) is 0 Å². The molecule has 0 amide bonds. The van der Waals surface area contributed by atoms with Crippen LogP contribution in [0.5, 0.6) is 0 Å². The average molecular weight is 284 g/mol. The van der Waals surface area contributed by atoms with E-state index in [1.807, 2.05) is 42.8 Å². The van der Waals surface area contributed by atoms with E-state index in [9.17, 15) is 0 Å². The molecule has 0 saturated carbocycles. The Hall–Kier alpha value is -1.03. The molecule has 0 radical (unpaired) electrons. The molecule has 2 N–H and O–H groups in total. The van der Waals surface area contributed by atoms with Crippen molar-refractivity contribution in [2.75, 3.05) is 0 Å². The van der Waals surface area contributed by atoms with Gasteiger partial charge in [0.2, 0.25) is 0 Å². The molecule has 2 aromatic rings. The fourth-order valence-electron chi connectivity index (χ4n) is 1.96. The molecule has 0 aliphatic carbocycles. The first-order valence-corrected chi connectivity index (χ1v) is 6.47. The zero-order chi connectivity index (χ0) is 13.3. The molecule has 0 aliphatic rings. The highest BCUT2D eigenvalue weighted by Crippen LogP contribution is 2.25. The minimum absolute atomic E-state index is 0.0477. The molecule has 1 aromatic heterocycles. The summed E-state index contributed by atoms with van der Waals surface area (Å²) in [6.07, 6.45) is 1.81. The maximum Gasteiger partial charge on any atom is 0.0917 e. The lowest BCUT2D eigenvalue weighted by Gasteiger charge is -2.22. The van der Waals surface area contributed by atoms with Gasteiger partial charge in [-0.15, -0.1) is 0 Å². The molecule has 2 atom stereocenters. The Bertz CT molecular complexity index is 512. The highest BCUT2D eigenvalue weighted by molar-refractivity contribution is 6.31. The smallest absolute Gasteiger partial charge is 0.0917 e. The van der Waals surface area contributed by atoms with Crippen molar-refractivity contribution in [2.24, 2.45) is 5.73 Å². The van der Waals surface area contributed by atoms with Crippen LogP contribution < -0.4 is 5.73 Å². The minimum Gasteiger partial charge on any atom is -0.326 e. The van der Waals surface area contributed by atoms with Gasteiger partial charge in [-0.05, 0) is 31.5 Å². The number of aryl methyl sites for hydroxylation is 1. The summed E-state index contributed by atoms with van der Waals surface area (Å²) in [7, 11) is 0. The van der Waals surface area contributed by atoms with Crippen LogP contribution in [0.25, 0.3) is 0 Å². The molecule has 2 rings (SSSR count). The van der Waals surface area contributed by atoms with E-state index in [4.69, 9.17) is 28.9 Å². The molecule has 0 spiro atoms. The minimum atomic E-state index is -0.0819. The molecule has 0 bridgehead atoms. The van der Waals surface area contributed by atoms with E-state index in [0.717, 1.165) is 11.3 Å². The zero-order valence-corrected chi connectivity index (χ0v) is 11.8. The van der Waals surface area contributed by atoms with E-state index in [-0.39, 0.29) is 12.1 Å². The first-order chi connectivity index (χ1) is 8.49. The van der Waals surface area contributed by atoms with Crippen molar-refractivity contribution in [1.82, 2.24) is 9.78 Å². The van der Waals surface area contributed by atoms with Crippen molar-refractivity contribution in [3.8, 4) is 0 Å². The number of nitrogens with zero attached hydrogens (tertiary/aromatic N) is 2. The number of hydrogen-bond acceptors (Lipinski definition) is 2. The molecule has 0 aliphatic heterocycles. The summed E-state index contributed by atoms with van der Waals surface area (Å²) < 4.78 is 1.81. The van der Waals surface area contributed by atoms with Gasteiger partial charge in [0, 0.05) is 17.3 Å². The van der Waals surface area contributed by atoms with Gasteiger partial charge in [0.15, 0.2) is 0 Å². The molecular formula is C13H15Cl2N3. The highest BCUT2D eigenvalue weighted by atomic mass is 35.5. The van der Waals surface area contributed by atoms with Gasteiger partial charge in [-0.25, -0.2) is 0 Å². The van der Waals surface area contributed by atoms with Gasteiger partial charge in [0.25, 0.3) is 0 Å². The summed E-state index contributed by atoms with van der Waals surface area (Å²) in [6.45, 7) is 3.82. The van der Waals surface area contributed by atoms with Crippen LogP contribution in [0.2, 0.25) is 10.0 Å². The second kappa shape index (κ2) is 5.31. The number of benzene rings is 1. The van der Waals surface area contributed by atoms with E-state index in [2.05, 4.69) is 5.10 Å². The van der Waals surface area contributed by atoms with Crippen LogP contribution in [-0.2, 0) is 0 Å². The third-order valence-corrected chi connectivity index (χ3v) is 3.47. The fourth-order valence-corrected chi connectivity index (χ4v) is 2.22. The lowest BCUT2D eigenvalue weighted by Crippen LogP contribution is -2.30. The number of rotatable bonds is 3. The van der Waals surface area contributed by atoms with E-state index < -0.39 is 0 Å². The molecule has 2 unspecified atom stereocenters. The van der Waals surface area contributed by atoms with Gasteiger partial charge >= 0.3 is 0 Å². The summed E-state index contributed by atoms with van der Waals surface area (Å²) in [5.41, 5.74) is 7.93. The quantitative estimate of drug-likeness (QED) is 0.938.